The fourth-order valence-electron chi connectivity index (χ4n) is 2.56. The summed E-state index contributed by atoms with van der Waals surface area (Å²) in [5.74, 6) is 0. The summed E-state index contributed by atoms with van der Waals surface area (Å²) in [6.07, 6.45) is -1.12. The second-order valence-corrected chi connectivity index (χ2v) is 9.70. The smallest absolute Gasteiger partial charge is 0.410 e. The van der Waals surface area contributed by atoms with E-state index in [2.05, 4.69) is 5.32 Å². The molecule has 0 saturated heterocycles. The van der Waals surface area contributed by atoms with Crippen LogP contribution in [0.4, 0.5) is 9.59 Å². The first-order valence-corrected chi connectivity index (χ1v) is 11.4. The largest absolute Gasteiger partial charge is 0.445 e. The highest BCUT2D eigenvalue weighted by atomic mass is 32.2. The maximum atomic E-state index is 12.6. The molecule has 2 atom stereocenters. The Labute approximate surface area is 178 Å². The van der Waals surface area contributed by atoms with Gasteiger partial charge in [0, 0.05) is 12.6 Å². The summed E-state index contributed by atoms with van der Waals surface area (Å²) in [4.78, 5) is 25.9. The predicted molar refractivity (Wildman–Crippen MR) is 112 cm³/mol. The SMILES string of the molecule is C[C@H](CN(C[C@H](C)NC(=O)OC(C)(C)C)C(=O)OCc1ccccc1)OS(C)(=O)=O. The van der Waals surface area contributed by atoms with Crippen molar-refractivity contribution in [1.29, 1.82) is 0 Å². The summed E-state index contributed by atoms with van der Waals surface area (Å²) >= 11 is 0. The number of carbonyl (C=O) groups is 2. The second-order valence-electron chi connectivity index (χ2n) is 8.10. The third-order valence-electron chi connectivity index (χ3n) is 3.54. The van der Waals surface area contributed by atoms with E-state index in [9.17, 15) is 18.0 Å². The number of nitrogens with zero attached hydrogens (tertiary/aromatic N) is 1. The summed E-state index contributed by atoms with van der Waals surface area (Å²) in [7, 11) is -3.69. The van der Waals surface area contributed by atoms with Crippen molar-refractivity contribution < 1.29 is 31.7 Å². The van der Waals surface area contributed by atoms with E-state index >= 15 is 0 Å². The van der Waals surface area contributed by atoms with E-state index in [0.29, 0.717) is 0 Å². The van der Waals surface area contributed by atoms with Gasteiger partial charge < -0.3 is 19.7 Å². The van der Waals surface area contributed by atoms with Crippen LogP contribution >= 0.6 is 0 Å². The van der Waals surface area contributed by atoms with E-state index in [1.807, 2.05) is 30.3 Å². The summed E-state index contributed by atoms with van der Waals surface area (Å²) in [6.45, 7) is 8.56. The minimum atomic E-state index is -3.69. The molecule has 0 aromatic heterocycles. The molecule has 0 spiro atoms. The summed E-state index contributed by atoms with van der Waals surface area (Å²) in [6, 6.07) is 8.67. The Bertz CT molecular complexity index is 791. The highest BCUT2D eigenvalue weighted by molar-refractivity contribution is 7.86. The molecular weight excluding hydrogens is 412 g/mol. The normalized spacial score (nSPS) is 13.8. The molecule has 30 heavy (non-hydrogen) atoms. The van der Waals surface area contributed by atoms with E-state index < -0.39 is 40.1 Å². The Morgan fingerprint density at radius 2 is 1.70 bits per heavy atom. The van der Waals surface area contributed by atoms with Gasteiger partial charge in [-0.05, 0) is 40.2 Å². The van der Waals surface area contributed by atoms with Crippen molar-refractivity contribution in [3.63, 3.8) is 0 Å². The van der Waals surface area contributed by atoms with Gasteiger partial charge in [-0.15, -0.1) is 0 Å². The molecule has 0 bridgehead atoms. The lowest BCUT2D eigenvalue weighted by atomic mass is 10.2. The number of benzene rings is 1. The lowest BCUT2D eigenvalue weighted by Gasteiger charge is -2.28. The Morgan fingerprint density at radius 3 is 2.23 bits per heavy atom. The fraction of sp³-hybridized carbons (Fsp3) is 0.600. The highest BCUT2D eigenvalue weighted by Gasteiger charge is 2.24. The van der Waals surface area contributed by atoms with Crippen molar-refractivity contribution in [2.24, 2.45) is 0 Å². The third kappa shape index (κ3) is 11.6. The Hall–Kier alpha value is -2.33. The lowest BCUT2D eigenvalue weighted by Crippen LogP contribution is -2.48. The fourth-order valence-corrected chi connectivity index (χ4v) is 3.22. The molecule has 0 aliphatic rings. The topological polar surface area (TPSA) is 111 Å². The highest BCUT2D eigenvalue weighted by Crippen LogP contribution is 2.09. The first-order chi connectivity index (χ1) is 13.7. The Morgan fingerprint density at radius 1 is 1.10 bits per heavy atom. The standard InChI is InChI=1S/C20H32N2O7S/c1-15(21-18(23)28-20(3,4)5)12-22(13-16(2)29-30(6,25)26)19(24)27-14-17-10-8-7-9-11-17/h7-11,15-16H,12-14H2,1-6H3,(H,21,23)/t15-,16+/m0/s1. The summed E-state index contributed by atoms with van der Waals surface area (Å²) < 4.78 is 38.2. The molecule has 1 N–H and O–H groups in total. The van der Waals surface area contributed by atoms with Crippen LogP contribution in [0.15, 0.2) is 30.3 Å². The number of ether oxygens (including phenoxy) is 2. The second kappa shape index (κ2) is 11.2. The van der Waals surface area contributed by atoms with Gasteiger partial charge in [0.1, 0.15) is 12.2 Å². The molecule has 0 radical (unpaired) electrons. The predicted octanol–water partition coefficient (Wildman–Crippen LogP) is 2.90. The average Bonchev–Trinajstić information content (AvgIpc) is 2.56. The maximum absolute atomic E-state index is 12.6. The first kappa shape index (κ1) is 25.7. The molecule has 0 aliphatic heterocycles. The van der Waals surface area contributed by atoms with Crippen molar-refractivity contribution in [3.05, 3.63) is 35.9 Å². The quantitative estimate of drug-likeness (QED) is 0.583. The molecule has 1 aromatic carbocycles. The van der Waals surface area contributed by atoms with E-state index in [1.165, 1.54) is 11.8 Å². The molecule has 0 fully saturated rings. The first-order valence-electron chi connectivity index (χ1n) is 9.58. The Balaban J connectivity index is 2.77. The number of hydrogen-bond acceptors (Lipinski definition) is 7. The van der Waals surface area contributed by atoms with Crippen molar-refractivity contribution in [1.82, 2.24) is 10.2 Å². The van der Waals surface area contributed by atoms with Gasteiger partial charge in [-0.1, -0.05) is 30.3 Å². The number of carbonyl (C=O) groups excluding carboxylic acids is 2. The van der Waals surface area contributed by atoms with Crippen LogP contribution in [-0.2, 0) is 30.4 Å². The molecule has 0 aliphatic carbocycles. The maximum Gasteiger partial charge on any atom is 0.410 e. The van der Waals surface area contributed by atoms with Gasteiger partial charge in [0.25, 0.3) is 10.1 Å². The van der Waals surface area contributed by atoms with Crippen LogP contribution in [-0.4, -0.2) is 62.6 Å². The molecule has 0 unspecified atom stereocenters. The van der Waals surface area contributed by atoms with Gasteiger partial charge in [-0.25, -0.2) is 9.59 Å². The van der Waals surface area contributed by atoms with Crippen LogP contribution in [0.2, 0.25) is 0 Å². The van der Waals surface area contributed by atoms with E-state index in [1.54, 1.807) is 27.7 Å². The van der Waals surface area contributed by atoms with Gasteiger partial charge in [0.15, 0.2) is 0 Å². The van der Waals surface area contributed by atoms with Gasteiger partial charge in [0.2, 0.25) is 0 Å². The van der Waals surface area contributed by atoms with Crippen LogP contribution in [0.1, 0.15) is 40.2 Å². The van der Waals surface area contributed by atoms with Crippen molar-refractivity contribution >= 4 is 22.3 Å². The molecule has 170 valence electrons. The lowest BCUT2D eigenvalue weighted by molar-refractivity contribution is 0.0474. The number of nitrogens with one attached hydrogen (secondary N) is 1. The monoisotopic (exact) mass is 444 g/mol. The zero-order valence-corrected chi connectivity index (χ0v) is 19.2. The number of alkyl carbamates (subject to hydrolysis) is 1. The zero-order chi connectivity index (χ0) is 22.9. The molecule has 9 nitrogen and oxygen atoms in total. The van der Waals surface area contributed by atoms with Gasteiger partial charge in [-0.2, -0.15) is 8.42 Å². The number of hydrogen-bond donors (Lipinski definition) is 1. The van der Waals surface area contributed by atoms with Crippen LogP contribution in [0.5, 0.6) is 0 Å². The molecule has 0 saturated carbocycles. The molecule has 1 rings (SSSR count). The third-order valence-corrected chi connectivity index (χ3v) is 4.22. The van der Waals surface area contributed by atoms with Crippen LogP contribution in [0, 0.1) is 0 Å². The molecule has 1 aromatic rings. The van der Waals surface area contributed by atoms with E-state index in [-0.39, 0.29) is 19.7 Å². The minimum Gasteiger partial charge on any atom is -0.445 e. The molecule has 10 heteroatoms. The summed E-state index contributed by atoms with van der Waals surface area (Å²) in [5.41, 5.74) is 0.154. The zero-order valence-electron chi connectivity index (χ0n) is 18.4. The van der Waals surface area contributed by atoms with Crippen molar-refractivity contribution in [3.8, 4) is 0 Å². The van der Waals surface area contributed by atoms with Crippen LogP contribution < -0.4 is 5.32 Å². The Kier molecular flexibility index (Phi) is 9.57. The molecule has 2 amide bonds. The molecular formula is C20H32N2O7S. The van der Waals surface area contributed by atoms with Crippen LogP contribution in [0.25, 0.3) is 0 Å². The number of rotatable bonds is 9. The van der Waals surface area contributed by atoms with E-state index in [0.717, 1.165) is 11.8 Å². The van der Waals surface area contributed by atoms with Crippen molar-refractivity contribution in [2.45, 2.75) is 59.0 Å². The minimum absolute atomic E-state index is 0.0406. The van der Waals surface area contributed by atoms with Gasteiger partial charge >= 0.3 is 12.2 Å². The van der Waals surface area contributed by atoms with Crippen molar-refractivity contribution in [2.75, 3.05) is 19.3 Å². The molecule has 0 heterocycles. The summed E-state index contributed by atoms with van der Waals surface area (Å²) in [5, 5.41) is 2.65. The average molecular weight is 445 g/mol. The van der Waals surface area contributed by atoms with Gasteiger partial charge in [-0.3, -0.25) is 4.18 Å². The van der Waals surface area contributed by atoms with E-state index in [4.69, 9.17) is 13.7 Å². The van der Waals surface area contributed by atoms with Gasteiger partial charge in [0.05, 0.1) is 18.9 Å². The van der Waals surface area contributed by atoms with Crippen LogP contribution in [0.3, 0.4) is 0 Å². The number of amides is 2.